The maximum atomic E-state index is 4.54. The molecule has 0 aliphatic carbocycles. The maximum absolute atomic E-state index is 4.54. The van der Waals surface area contributed by atoms with E-state index in [4.69, 9.17) is 0 Å². The Bertz CT molecular complexity index is 20.0. The van der Waals surface area contributed by atoms with Gasteiger partial charge in [-0.3, -0.25) is 0 Å². The topological polar surface area (TPSA) is 0 Å². The lowest BCUT2D eigenvalue weighted by molar-refractivity contribution is 2.51. The standard InChI is InChI=1S/CH4P2S/c1-2-3-4/h2H,1H3. The van der Waals surface area contributed by atoms with E-state index in [2.05, 4.69) is 18.5 Å². The highest BCUT2D eigenvalue weighted by Crippen LogP contribution is 2.19. The van der Waals surface area contributed by atoms with Crippen molar-refractivity contribution in [3.8, 4) is 0 Å². The Morgan fingerprint density at radius 2 is 2.25 bits per heavy atom. The lowest BCUT2D eigenvalue weighted by Crippen LogP contribution is -1.04. The Morgan fingerprint density at radius 1 is 2.00 bits per heavy atom. The molecular formula is CH4P2S. The number of hydrogen-bond donors (Lipinski definition) is 0. The first-order valence-corrected chi connectivity index (χ1v) is 5.16. The molecule has 0 saturated carbocycles. The van der Waals surface area contributed by atoms with E-state index in [9.17, 15) is 0 Å². The zero-order valence-electron chi connectivity index (χ0n) is 2.36. The summed E-state index contributed by atoms with van der Waals surface area (Å²) in [5.41, 5.74) is 0. The van der Waals surface area contributed by atoms with Crippen LogP contribution >= 0.6 is 15.3 Å². The van der Waals surface area contributed by atoms with Crippen molar-refractivity contribution in [1.82, 2.24) is 0 Å². The molecule has 0 radical (unpaired) electrons. The second kappa shape index (κ2) is 3.95. The minimum absolute atomic E-state index is 0.927. The molecule has 0 heterocycles. The second-order valence-corrected chi connectivity index (χ2v) is 4.48. The molecule has 3 heteroatoms. The van der Waals surface area contributed by atoms with Crippen LogP contribution in [0.5, 0.6) is 0 Å². The molecule has 0 bridgehead atoms. The fourth-order valence-corrected chi connectivity index (χ4v) is 0. The van der Waals surface area contributed by atoms with Crippen LogP contribution in [0.3, 0.4) is 0 Å². The average Bonchev–Trinajstić information content (AvgIpc) is 1.37. The summed E-state index contributed by atoms with van der Waals surface area (Å²) in [5.74, 6) is 0. The van der Waals surface area contributed by atoms with Gasteiger partial charge in [0.1, 0.15) is 0 Å². The van der Waals surface area contributed by atoms with Gasteiger partial charge in [0.05, 0.1) is 0 Å². The van der Waals surface area contributed by atoms with Gasteiger partial charge in [0.2, 0.25) is 0 Å². The molecule has 0 rings (SSSR count). The van der Waals surface area contributed by atoms with E-state index in [1.807, 2.05) is 0 Å². The molecule has 0 aliphatic heterocycles. The normalized spacial score (nSPS) is 11.2. The fourth-order valence-electron chi connectivity index (χ4n) is 0. The van der Waals surface area contributed by atoms with Gasteiger partial charge >= 0.3 is 0 Å². The Labute approximate surface area is 34.5 Å². The molecular weight excluding hydrogens is 106 g/mol. The minimum atomic E-state index is 0.927. The Hall–Kier alpha value is 0.950. The van der Waals surface area contributed by atoms with E-state index < -0.39 is 0 Å². The van der Waals surface area contributed by atoms with Crippen LogP contribution in [0.2, 0.25) is 0 Å². The predicted octanol–water partition coefficient (Wildman–Crippen LogP) is 1.62. The molecule has 0 aromatic heterocycles. The van der Waals surface area contributed by atoms with Crippen LogP contribution in [-0.2, 0) is 11.8 Å². The van der Waals surface area contributed by atoms with Crippen LogP contribution in [0.4, 0.5) is 0 Å². The van der Waals surface area contributed by atoms with Crippen LogP contribution < -0.4 is 0 Å². The monoisotopic (exact) mass is 110 g/mol. The van der Waals surface area contributed by atoms with Gasteiger partial charge in [-0.2, -0.15) is 0 Å². The first-order chi connectivity index (χ1) is 1.91. The molecule has 0 aromatic rings. The van der Waals surface area contributed by atoms with Gasteiger partial charge in [0.25, 0.3) is 0 Å². The molecule has 0 aromatic carbocycles. The van der Waals surface area contributed by atoms with Crippen LogP contribution in [0.15, 0.2) is 0 Å². The molecule has 4 heavy (non-hydrogen) atoms. The van der Waals surface area contributed by atoms with Crippen molar-refractivity contribution >= 4 is 27.1 Å². The summed E-state index contributed by atoms with van der Waals surface area (Å²) in [6, 6.07) is 0. The van der Waals surface area contributed by atoms with Gasteiger partial charge in [-0.1, -0.05) is 20.1 Å². The van der Waals surface area contributed by atoms with E-state index in [0.717, 1.165) is 15.3 Å². The van der Waals surface area contributed by atoms with Gasteiger partial charge in [-0.25, -0.2) is 0 Å². The summed E-state index contributed by atoms with van der Waals surface area (Å²) < 4.78 is 0. The third kappa shape index (κ3) is 2.95. The van der Waals surface area contributed by atoms with Crippen molar-refractivity contribution in [2.45, 2.75) is 0 Å². The largest absolute Gasteiger partial charge is 0.0589 e. The van der Waals surface area contributed by atoms with E-state index in [0.29, 0.717) is 0 Å². The Morgan fingerprint density at radius 3 is 2.25 bits per heavy atom. The van der Waals surface area contributed by atoms with Gasteiger partial charge in [0.15, 0.2) is 0 Å². The fraction of sp³-hybridized carbons (Fsp3) is 1.00. The van der Waals surface area contributed by atoms with E-state index in [1.54, 1.807) is 0 Å². The first kappa shape index (κ1) is 4.95. The average molecular weight is 110 g/mol. The first-order valence-electron chi connectivity index (χ1n) is 0.906. The SMILES string of the molecule is CPP=S. The molecule has 0 fully saturated rings. The lowest BCUT2D eigenvalue weighted by atomic mass is 12.0. The Balaban J connectivity index is 2.30. The highest BCUT2D eigenvalue weighted by molar-refractivity contribution is 8.30. The maximum Gasteiger partial charge on any atom is -0.00244 e. The number of rotatable bonds is 1. The summed E-state index contributed by atoms with van der Waals surface area (Å²) in [4.78, 5) is 0. The van der Waals surface area contributed by atoms with E-state index >= 15 is 0 Å². The highest BCUT2D eigenvalue weighted by Gasteiger charge is 1.47. The van der Waals surface area contributed by atoms with Gasteiger partial charge in [0, 0.05) is 0 Å². The van der Waals surface area contributed by atoms with Crippen LogP contribution in [0.25, 0.3) is 0 Å². The smallest absolute Gasteiger partial charge is 0.00244 e. The molecule has 0 N–H and O–H groups in total. The third-order valence-corrected chi connectivity index (χ3v) is 2.46. The van der Waals surface area contributed by atoms with Crippen LogP contribution in [0, 0.1) is 0 Å². The van der Waals surface area contributed by atoms with Gasteiger partial charge < -0.3 is 0 Å². The zero-order valence-corrected chi connectivity index (χ0v) is 5.07. The number of hydrogen-bond acceptors (Lipinski definition) is 1. The van der Waals surface area contributed by atoms with E-state index in [1.165, 1.54) is 0 Å². The van der Waals surface area contributed by atoms with Crippen molar-refractivity contribution < 1.29 is 0 Å². The lowest BCUT2D eigenvalue weighted by Gasteiger charge is -1.55. The van der Waals surface area contributed by atoms with Crippen molar-refractivity contribution in [2.75, 3.05) is 6.66 Å². The van der Waals surface area contributed by atoms with Crippen molar-refractivity contribution in [3.05, 3.63) is 0 Å². The third-order valence-electron chi connectivity index (χ3n) is 0.0913. The van der Waals surface area contributed by atoms with E-state index in [-0.39, 0.29) is 0 Å². The summed E-state index contributed by atoms with van der Waals surface area (Å²) in [6.07, 6.45) is 0. The highest BCUT2D eigenvalue weighted by atomic mass is 32.6. The van der Waals surface area contributed by atoms with Crippen molar-refractivity contribution in [1.29, 1.82) is 0 Å². The molecule has 1 unspecified atom stereocenters. The Kier molecular flexibility index (Phi) is 4.89. The molecule has 0 amide bonds. The van der Waals surface area contributed by atoms with Crippen LogP contribution in [0.1, 0.15) is 0 Å². The molecule has 0 nitrogen and oxygen atoms in total. The quantitative estimate of drug-likeness (QED) is 0.462. The molecule has 0 saturated heterocycles. The molecule has 0 aliphatic rings. The zero-order chi connectivity index (χ0) is 3.41. The predicted molar refractivity (Wildman–Crippen MR) is 28.5 cm³/mol. The minimum Gasteiger partial charge on any atom is -0.0589 e. The summed E-state index contributed by atoms with van der Waals surface area (Å²) in [6.45, 7) is 2.09. The summed E-state index contributed by atoms with van der Waals surface area (Å²) in [7, 11) is 2.04. The van der Waals surface area contributed by atoms with Gasteiger partial charge in [-0.15, -0.1) is 0 Å². The molecule has 24 valence electrons. The van der Waals surface area contributed by atoms with Crippen molar-refractivity contribution in [2.24, 2.45) is 0 Å². The molecule has 1 atom stereocenters. The molecule has 0 spiro atoms. The van der Waals surface area contributed by atoms with Crippen LogP contribution in [-0.4, -0.2) is 6.66 Å². The summed E-state index contributed by atoms with van der Waals surface area (Å²) >= 11 is 4.54. The summed E-state index contributed by atoms with van der Waals surface area (Å²) in [5, 5.41) is 0. The van der Waals surface area contributed by atoms with Crippen molar-refractivity contribution in [3.63, 3.8) is 0 Å². The second-order valence-electron chi connectivity index (χ2n) is 0.315. The van der Waals surface area contributed by atoms with Gasteiger partial charge in [-0.05, 0) is 13.7 Å².